The van der Waals surface area contributed by atoms with Crippen molar-refractivity contribution in [2.45, 2.75) is 179 Å². The van der Waals surface area contributed by atoms with Gasteiger partial charge < -0.3 is 116 Å². The van der Waals surface area contributed by atoms with Crippen molar-refractivity contribution in [2.75, 3.05) is 117 Å². The van der Waals surface area contributed by atoms with Crippen molar-refractivity contribution >= 4 is 120 Å². The van der Waals surface area contributed by atoms with Gasteiger partial charge in [0.15, 0.2) is 18.3 Å². The van der Waals surface area contributed by atoms with Gasteiger partial charge in [-0.05, 0) is 259 Å². The Hall–Kier alpha value is -13.0. The smallest absolute Gasteiger partial charge is 0.508 e. The number of nitrogens with one attached hydrogen (secondary N) is 8. The van der Waals surface area contributed by atoms with Crippen LogP contribution in [-0.4, -0.2) is 161 Å². The Morgan fingerprint density at radius 2 is 0.758 bits per heavy atom. The second-order valence-electron chi connectivity index (χ2n) is 32.7. The van der Waals surface area contributed by atoms with E-state index >= 15 is 0 Å². The number of phenolic OH excluding ortho intramolecular Hbond substituents is 1. The molecule has 0 spiro atoms. The highest BCUT2D eigenvalue weighted by Crippen LogP contribution is 2.47. The van der Waals surface area contributed by atoms with Gasteiger partial charge in [0.25, 0.3) is 17.7 Å². The van der Waals surface area contributed by atoms with Crippen LogP contribution in [0.25, 0.3) is 0 Å². The Morgan fingerprint density at radius 1 is 0.439 bits per heavy atom. The molecule has 30 nitrogen and oxygen atoms in total. The normalized spacial score (nSPS) is 17.0. The number of terminal acetylenes is 1. The molecule has 8 aromatic rings. The van der Waals surface area contributed by atoms with Crippen molar-refractivity contribution in [1.29, 1.82) is 0 Å². The molecule has 16 rings (SSSR count). The van der Waals surface area contributed by atoms with E-state index in [9.17, 15) is 43.8 Å². The number of carboxylic acid groups (broad SMARTS) is 1. The van der Waals surface area contributed by atoms with Crippen LogP contribution < -0.4 is 81.4 Å². The van der Waals surface area contributed by atoms with E-state index in [1.165, 1.54) is 47.0 Å². The molecule has 4 atom stereocenters. The molecular weight excluding hydrogens is 1820 g/mol. The van der Waals surface area contributed by atoms with E-state index in [2.05, 4.69) is 119 Å². The fraction of sp³-hybridized carbons (Fsp3) is 0.390. The van der Waals surface area contributed by atoms with Crippen LogP contribution in [0.1, 0.15) is 182 Å². The molecule has 698 valence electrons. The van der Waals surface area contributed by atoms with E-state index < -0.39 is 48.9 Å². The molecule has 8 aromatic carbocycles. The zero-order valence-electron chi connectivity index (χ0n) is 75.1. The fourth-order valence-electron chi connectivity index (χ4n) is 16.5. The Morgan fingerprint density at radius 3 is 1.12 bits per heavy atom. The number of aliphatic carboxylic acids is 1. The molecule has 4 unspecified atom stereocenters. The van der Waals surface area contributed by atoms with Gasteiger partial charge in [0.05, 0.1) is 93.9 Å². The minimum absolute atomic E-state index is 0.153. The Kier molecular flexibility index (Phi) is 36.8. The van der Waals surface area contributed by atoms with Gasteiger partial charge in [0.2, 0.25) is 6.10 Å². The topological polar surface area (TPSA) is 415 Å². The molecule has 132 heavy (non-hydrogen) atoms. The van der Waals surface area contributed by atoms with Crippen molar-refractivity contribution in [3.05, 3.63) is 186 Å². The molecule has 0 radical (unpaired) electrons. The van der Waals surface area contributed by atoms with Gasteiger partial charge in [-0.1, -0.05) is 105 Å². The number of aliphatic hydroxyl groups excluding tert-OH is 2. The summed E-state index contributed by atoms with van der Waals surface area (Å²) in [5.74, 6) is 17.1. The maximum atomic E-state index is 13.1. The molecule has 4 aliphatic heterocycles. The molecule has 0 aromatic heterocycles. The maximum Gasteiger partial charge on any atom is 0.513 e. The number of hydrogen-bond acceptors (Lipinski definition) is 26. The van der Waals surface area contributed by atoms with Gasteiger partial charge >= 0.3 is 24.4 Å². The number of aryl methyl sites for hydroxylation is 4. The molecule has 0 bridgehead atoms. The van der Waals surface area contributed by atoms with Crippen LogP contribution in [0.5, 0.6) is 46.0 Å². The third-order valence-corrected chi connectivity index (χ3v) is 24.5. The van der Waals surface area contributed by atoms with Crippen LogP contribution >= 0.6 is 31.9 Å². The second kappa shape index (κ2) is 48.7. The second-order valence-corrected chi connectivity index (χ2v) is 34.4. The molecule has 14 N–H and O–H groups in total. The van der Waals surface area contributed by atoms with Crippen LogP contribution in [0.2, 0.25) is 0 Å². The highest BCUT2D eigenvalue weighted by molar-refractivity contribution is 9.11. The first kappa shape index (κ1) is 99.5. The standard InChI is InChI=1S/C26H28N2O6.C25H29N3O3.C23H25BrN2O5.C13H16BrNO3.C10H11NO3.C3H4O/c1-16-9-10-22-21(12-16)27-15-24(33-22)25(30)28-20-14-23(34-26(31)32-2)19(17-6-3-4-7-17)13-18(20)8-5-11-29;1-16-9-10-23-21(12-16)27-15-24(31-23)25(30)28-20-14-22(29)19(17-6-3-4-7-17)13-18(20)8-5-11-26-2;1-13-7-8-19-18(9-13)25-12-21(30-19)22(27)26-17-11-20(31-23(28)29-2)15(10-16(17)24)14-5-3-4-6-14;1-17-13(16)18-12-7-11(15)10(14)6-9(12)8-4-2-3-5-8;1-6-2-3-8-7(4-6)11-5-9(14-8)10(12)13;1-2-3-4/h9-10,12-14,17,24,27,29H,3-4,6-7,11,15H2,1-2H3,(H,28,30);9-10,12-14,17,24,26-27,29H,3-4,6-7,11,15H2,1-2H3,(H,28,30);7-11,14,21,25H,3-6,12H2,1-2H3,(H,26,27);6-8H,2-5,15H2,1H3;2-4,9,11H,5H2,1H3,(H,12,13);1,4H,3H2. The number of halogens is 2. The van der Waals surface area contributed by atoms with E-state index in [1.807, 2.05) is 132 Å². The van der Waals surface area contributed by atoms with E-state index in [1.54, 1.807) is 30.3 Å². The van der Waals surface area contributed by atoms with Crippen LogP contribution in [0.15, 0.2) is 130 Å². The number of phenols is 1. The molecule has 4 aliphatic carbocycles. The van der Waals surface area contributed by atoms with E-state index in [4.69, 9.17) is 49.1 Å². The number of aliphatic hydroxyl groups is 2. The molecule has 0 saturated heterocycles. The van der Waals surface area contributed by atoms with Crippen LogP contribution in [0, 0.1) is 63.7 Å². The summed E-state index contributed by atoms with van der Waals surface area (Å²) in [6, 6.07) is 37.1. The maximum absolute atomic E-state index is 13.1. The first-order valence-corrected chi connectivity index (χ1v) is 45.5. The van der Waals surface area contributed by atoms with E-state index in [-0.39, 0.29) is 42.6 Å². The lowest BCUT2D eigenvalue weighted by atomic mass is 9.94. The fourth-order valence-corrected chi connectivity index (χ4v) is 17.3. The van der Waals surface area contributed by atoms with E-state index in [0.29, 0.717) is 125 Å². The summed E-state index contributed by atoms with van der Waals surface area (Å²) < 4.78 is 54.5. The number of carboxylic acids is 1. The Balaban J connectivity index is 0.000000162. The van der Waals surface area contributed by atoms with Gasteiger partial charge in [0.1, 0.15) is 59.2 Å². The number of ether oxygens (including phenoxy) is 10. The number of hydrogen-bond donors (Lipinski definition) is 13. The zero-order valence-corrected chi connectivity index (χ0v) is 78.2. The highest BCUT2D eigenvalue weighted by Gasteiger charge is 2.35. The number of anilines is 8. The highest BCUT2D eigenvalue weighted by atomic mass is 79.9. The minimum Gasteiger partial charge on any atom is -0.508 e. The summed E-state index contributed by atoms with van der Waals surface area (Å²) in [6.07, 6.45) is 16.9. The third kappa shape index (κ3) is 27.5. The van der Waals surface area contributed by atoms with Crippen molar-refractivity contribution in [3.8, 4) is 82.0 Å². The summed E-state index contributed by atoms with van der Waals surface area (Å²) in [5.41, 5.74) is 20.6. The number of aromatic hydroxyl groups is 1. The largest absolute Gasteiger partial charge is 0.513 e. The molecule has 8 aliphatic rings. The molecular formula is C100H113Br2N9O21. The molecule has 3 amide bonds. The van der Waals surface area contributed by atoms with Crippen LogP contribution in [-0.2, 0) is 33.4 Å². The number of nitrogens with two attached hydrogens (primary N) is 1. The third-order valence-electron chi connectivity index (χ3n) is 23.1. The lowest BCUT2D eigenvalue weighted by molar-refractivity contribution is -0.144. The number of fused-ring (bicyclic) bond motifs is 4. The summed E-state index contributed by atoms with van der Waals surface area (Å²) in [6.45, 7) is 9.38. The molecule has 4 saturated carbocycles. The number of amides is 3. The van der Waals surface area contributed by atoms with Crippen LogP contribution in [0.3, 0.4) is 0 Å². The summed E-state index contributed by atoms with van der Waals surface area (Å²) in [7, 11) is 5.64. The summed E-state index contributed by atoms with van der Waals surface area (Å²) in [4.78, 5) is 84.6. The predicted octanol–water partition coefficient (Wildman–Crippen LogP) is 17.8. The first-order chi connectivity index (χ1) is 63.7. The molecule has 4 heterocycles. The molecule has 32 heteroatoms. The monoisotopic (exact) mass is 1930 g/mol. The van der Waals surface area contributed by atoms with Gasteiger partial charge in [-0.3, -0.25) is 14.4 Å². The zero-order chi connectivity index (χ0) is 94.5. The Bertz CT molecular complexity index is 5640. The number of carbonyl (C=O) groups is 7. The summed E-state index contributed by atoms with van der Waals surface area (Å²) >= 11 is 6.97. The van der Waals surface area contributed by atoms with Crippen molar-refractivity contribution < 1.29 is 101 Å². The van der Waals surface area contributed by atoms with Gasteiger partial charge in [0, 0.05) is 50.0 Å². The molecule has 4 fully saturated rings. The summed E-state index contributed by atoms with van der Waals surface area (Å²) in [5, 5.41) is 60.7. The lowest BCUT2D eigenvalue weighted by Crippen LogP contribution is -2.41. The number of rotatable bonds is 15. The SMILES string of the molecule is C#CCO.CNCC#Cc1cc(C2CCCC2)c(O)cc1NC(=O)C1CNc2cc(C)ccc2O1.COC(=O)Oc1cc(N)c(Br)cc1C1CCCC1.COC(=O)Oc1cc(NC(=O)C2CNc3cc(C)ccc3O2)c(Br)cc1C1CCCC1.COC(=O)Oc1cc(NC(=O)C2CNc3cc(C)ccc3O2)c(C#CCO)cc1C1CCCC1.Cc1ccc2c(c1)NCC(C(=O)O)O2. The van der Waals surface area contributed by atoms with Crippen molar-refractivity contribution in [3.63, 3.8) is 0 Å². The van der Waals surface area contributed by atoms with Crippen molar-refractivity contribution in [1.82, 2.24) is 5.32 Å². The van der Waals surface area contributed by atoms with E-state index in [0.717, 1.165) is 153 Å². The Labute approximate surface area is 785 Å². The average Bonchev–Trinajstić information content (AvgIpc) is 1.60. The average molecular weight is 1940 g/mol. The lowest BCUT2D eigenvalue weighted by Gasteiger charge is -2.27. The minimum atomic E-state index is -0.941. The number of benzene rings is 8. The van der Waals surface area contributed by atoms with Crippen LogP contribution in [0.4, 0.5) is 59.9 Å². The number of carbonyl (C=O) groups excluding carboxylic acids is 6. The van der Waals surface area contributed by atoms with Gasteiger partial charge in [-0.2, -0.15) is 0 Å². The first-order valence-electron chi connectivity index (χ1n) is 43.9. The van der Waals surface area contributed by atoms with Crippen molar-refractivity contribution in [2.24, 2.45) is 0 Å². The number of nitrogen functional groups attached to an aromatic ring is 1. The van der Waals surface area contributed by atoms with Gasteiger partial charge in [-0.15, -0.1) is 6.42 Å². The van der Waals surface area contributed by atoms with Gasteiger partial charge in [-0.25, -0.2) is 19.2 Å². The quantitative estimate of drug-likeness (QED) is 0.0149. The predicted molar refractivity (Wildman–Crippen MR) is 512 cm³/mol. The number of methoxy groups -OCH3 is 3.